The summed E-state index contributed by atoms with van der Waals surface area (Å²) >= 11 is 0. The molecule has 0 aromatic rings. The van der Waals surface area contributed by atoms with Crippen LogP contribution in [0.4, 0.5) is 0 Å². The van der Waals surface area contributed by atoms with Gasteiger partial charge < -0.3 is 0 Å². The lowest BCUT2D eigenvalue weighted by molar-refractivity contribution is 0.562. The second-order valence-corrected chi connectivity index (χ2v) is 1.67. The van der Waals surface area contributed by atoms with Gasteiger partial charge in [-0.3, -0.25) is 0 Å². The Bertz CT molecular complexity index is 210. The molecule has 0 aliphatic rings. The topological polar surface area (TPSA) is 58.9 Å². The molecule has 11 heavy (non-hydrogen) atoms. The molecule has 0 aromatic heterocycles. The highest BCUT2D eigenvalue weighted by atomic mass is 16.1. The smallest absolute Gasteiger partial charge is 0.211 e. The molecule has 0 amide bonds. The van der Waals surface area contributed by atoms with Gasteiger partial charge in [0.2, 0.25) is 12.2 Å². The maximum Gasteiger partial charge on any atom is 0.235 e. The van der Waals surface area contributed by atoms with E-state index in [0.717, 1.165) is 0 Å². The van der Waals surface area contributed by atoms with E-state index in [0.29, 0.717) is 19.5 Å². The van der Waals surface area contributed by atoms with Gasteiger partial charge in [0.25, 0.3) is 0 Å². The van der Waals surface area contributed by atoms with Crippen LogP contribution in [0.2, 0.25) is 0 Å². The second kappa shape index (κ2) is 8.50. The predicted molar refractivity (Wildman–Crippen MR) is 39.7 cm³/mol. The average Bonchev–Trinajstić information content (AvgIpc) is 2.03. The van der Waals surface area contributed by atoms with E-state index in [1.54, 1.807) is 12.2 Å². The van der Waals surface area contributed by atoms with E-state index in [-0.39, 0.29) is 0 Å². The van der Waals surface area contributed by atoms with Crippen LogP contribution in [0.5, 0.6) is 0 Å². The SMILES string of the molecule is O=C=NCC=CCCN=C=O. The number of isocyanates is 2. The van der Waals surface area contributed by atoms with Gasteiger partial charge >= 0.3 is 0 Å². The van der Waals surface area contributed by atoms with Crippen molar-refractivity contribution in [2.75, 3.05) is 13.1 Å². The lowest BCUT2D eigenvalue weighted by atomic mass is 10.4. The largest absolute Gasteiger partial charge is 0.235 e. The summed E-state index contributed by atoms with van der Waals surface area (Å²) in [5, 5.41) is 0. The van der Waals surface area contributed by atoms with E-state index in [9.17, 15) is 9.59 Å². The number of aliphatic imine (C=N–C) groups is 2. The van der Waals surface area contributed by atoms with Gasteiger partial charge in [-0.2, -0.15) is 0 Å². The molecule has 0 aliphatic heterocycles. The molecule has 0 heterocycles. The van der Waals surface area contributed by atoms with Crippen molar-refractivity contribution >= 4 is 12.2 Å². The highest BCUT2D eigenvalue weighted by Crippen LogP contribution is 1.83. The molecule has 4 heteroatoms. The lowest BCUT2D eigenvalue weighted by Crippen LogP contribution is -1.76. The minimum absolute atomic E-state index is 0.342. The Morgan fingerprint density at radius 3 is 2.45 bits per heavy atom. The Kier molecular flexibility index (Phi) is 7.34. The predicted octanol–water partition coefficient (Wildman–Crippen LogP) is 0.604. The summed E-state index contributed by atoms with van der Waals surface area (Å²) in [5.74, 6) is 0. The zero-order valence-electron chi connectivity index (χ0n) is 5.99. The molecule has 0 saturated carbocycles. The van der Waals surface area contributed by atoms with Crippen molar-refractivity contribution in [1.29, 1.82) is 0 Å². The number of hydrogen-bond donors (Lipinski definition) is 0. The standard InChI is InChI=1S/C7H8N2O2/c10-6-8-4-2-1-3-5-9-7-11/h1-2H,3-5H2. The molecule has 58 valence electrons. The monoisotopic (exact) mass is 152 g/mol. The van der Waals surface area contributed by atoms with Gasteiger partial charge in [-0.25, -0.2) is 19.6 Å². The molecule has 0 saturated heterocycles. The van der Waals surface area contributed by atoms with Crippen LogP contribution in [0, 0.1) is 0 Å². The van der Waals surface area contributed by atoms with Crippen LogP contribution in [-0.2, 0) is 9.59 Å². The third kappa shape index (κ3) is 8.50. The Morgan fingerprint density at radius 2 is 1.82 bits per heavy atom. The van der Waals surface area contributed by atoms with E-state index in [1.807, 2.05) is 0 Å². The second-order valence-electron chi connectivity index (χ2n) is 1.67. The molecule has 0 bridgehead atoms. The minimum atomic E-state index is 0.342. The summed E-state index contributed by atoms with van der Waals surface area (Å²) in [5.41, 5.74) is 0. The molecule has 4 nitrogen and oxygen atoms in total. The molecule has 0 aromatic carbocycles. The average molecular weight is 152 g/mol. The number of nitrogens with zero attached hydrogens (tertiary/aromatic N) is 2. The van der Waals surface area contributed by atoms with Crippen molar-refractivity contribution in [1.82, 2.24) is 0 Å². The Labute approximate surface area is 64.4 Å². The summed E-state index contributed by atoms with van der Waals surface area (Å²) in [6.45, 7) is 0.777. The lowest BCUT2D eigenvalue weighted by Gasteiger charge is -1.81. The summed E-state index contributed by atoms with van der Waals surface area (Å²) in [7, 11) is 0. The first-order valence-electron chi connectivity index (χ1n) is 3.14. The van der Waals surface area contributed by atoms with Gasteiger partial charge in [0.1, 0.15) is 0 Å². The van der Waals surface area contributed by atoms with Crippen molar-refractivity contribution < 1.29 is 9.59 Å². The van der Waals surface area contributed by atoms with Gasteiger partial charge in [0.15, 0.2) is 0 Å². The highest BCUT2D eigenvalue weighted by molar-refractivity contribution is 5.33. The molecule has 0 unspecified atom stereocenters. The molecule has 0 atom stereocenters. The summed E-state index contributed by atoms with van der Waals surface area (Å²) in [6, 6.07) is 0. The molecule has 0 spiro atoms. The van der Waals surface area contributed by atoms with Crippen LogP contribution in [0.1, 0.15) is 6.42 Å². The van der Waals surface area contributed by atoms with Crippen molar-refractivity contribution in [3.8, 4) is 0 Å². The summed E-state index contributed by atoms with van der Waals surface area (Å²) in [6.07, 6.45) is 7.01. The van der Waals surface area contributed by atoms with E-state index in [1.165, 1.54) is 12.2 Å². The first-order chi connectivity index (χ1) is 5.41. The molecule has 0 rings (SSSR count). The Balaban J connectivity index is 3.29. The van der Waals surface area contributed by atoms with Crippen LogP contribution in [0.3, 0.4) is 0 Å². The van der Waals surface area contributed by atoms with E-state index in [4.69, 9.17) is 0 Å². The maximum atomic E-state index is 9.55. The normalized spacial score (nSPS) is 8.73. The Morgan fingerprint density at radius 1 is 1.09 bits per heavy atom. The zero-order chi connectivity index (χ0) is 8.36. The Hall–Kier alpha value is -1.50. The number of carbonyl (C=O) groups excluding carboxylic acids is 2. The van der Waals surface area contributed by atoms with Crippen LogP contribution >= 0.6 is 0 Å². The van der Waals surface area contributed by atoms with Gasteiger partial charge in [-0.1, -0.05) is 12.2 Å². The molecule has 0 N–H and O–H groups in total. The van der Waals surface area contributed by atoms with Crippen LogP contribution in [-0.4, -0.2) is 25.2 Å². The first-order valence-corrected chi connectivity index (χ1v) is 3.14. The van der Waals surface area contributed by atoms with Gasteiger partial charge in [0.05, 0.1) is 13.1 Å². The molecular formula is C7H8N2O2. The number of rotatable bonds is 5. The fraction of sp³-hybridized carbons (Fsp3) is 0.429. The third-order valence-corrected chi connectivity index (χ3v) is 0.900. The van der Waals surface area contributed by atoms with Gasteiger partial charge in [-0.05, 0) is 6.42 Å². The van der Waals surface area contributed by atoms with Crippen molar-refractivity contribution in [3.63, 3.8) is 0 Å². The highest BCUT2D eigenvalue weighted by Gasteiger charge is 1.75. The fourth-order valence-electron chi connectivity index (χ4n) is 0.467. The van der Waals surface area contributed by atoms with Crippen LogP contribution in [0.15, 0.2) is 22.1 Å². The van der Waals surface area contributed by atoms with Gasteiger partial charge in [0, 0.05) is 0 Å². The van der Waals surface area contributed by atoms with Crippen molar-refractivity contribution in [2.45, 2.75) is 6.42 Å². The van der Waals surface area contributed by atoms with Crippen LogP contribution in [0.25, 0.3) is 0 Å². The number of hydrogen-bond acceptors (Lipinski definition) is 4. The molecule has 0 aliphatic carbocycles. The van der Waals surface area contributed by atoms with Crippen molar-refractivity contribution in [3.05, 3.63) is 12.2 Å². The van der Waals surface area contributed by atoms with Crippen LogP contribution < -0.4 is 0 Å². The maximum absolute atomic E-state index is 9.55. The van der Waals surface area contributed by atoms with E-state index >= 15 is 0 Å². The van der Waals surface area contributed by atoms with E-state index in [2.05, 4.69) is 9.98 Å². The molecule has 0 radical (unpaired) electrons. The van der Waals surface area contributed by atoms with Gasteiger partial charge in [-0.15, -0.1) is 0 Å². The first kappa shape index (κ1) is 9.50. The minimum Gasteiger partial charge on any atom is -0.211 e. The molecule has 0 fully saturated rings. The quantitative estimate of drug-likeness (QED) is 0.251. The molecular weight excluding hydrogens is 144 g/mol. The van der Waals surface area contributed by atoms with Crippen molar-refractivity contribution in [2.24, 2.45) is 9.98 Å². The third-order valence-electron chi connectivity index (χ3n) is 0.900. The summed E-state index contributed by atoms with van der Waals surface area (Å²) in [4.78, 5) is 25.7. The fourth-order valence-corrected chi connectivity index (χ4v) is 0.467. The van der Waals surface area contributed by atoms with E-state index < -0.39 is 0 Å². The zero-order valence-corrected chi connectivity index (χ0v) is 5.99. The summed E-state index contributed by atoms with van der Waals surface area (Å²) < 4.78 is 0.